The highest BCUT2D eigenvalue weighted by Gasteiger charge is 2.19. The normalized spacial score (nSPS) is 9.94. The number of rotatable bonds is 9. The minimum Gasteiger partial charge on any atom is -0.480 e. The van der Waals surface area contributed by atoms with Crippen molar-refractivity contribution in [3.63, 3.8) is 0 Å². The van der Waals surface area contributed by atoms with Crippen molar-refractivity contribution in [1.29, 1.82) is 0 Å². The Morgan fingerprint density at radius 1 is 1.18 bits per heavy atom. The van der Waals surface area contributed by atoms with E-state index in [-0.39, 0.29) is 5.75 Å². The van der Waals surface area contributed by atoms with Crippen molar-refractivity contribution in [2.24, 2.45) is 0 Å². The molecule has 0 fully saturated rings. The van der Waals surface area contributed by atoms with Crippen molar-refractivity contribution >= 4 is 29.6 Å². The van der Waals surface area contributed by atoms with E-state index >= 15 is 0 Å². The highest BCUT2D eigenvalue weighted by atomic mass is 32.2. The summed E-state index contributed by atoms with van der Waals surface area (Å²) in [4.78, 5) is 33.2. The predicted octanol–water partition coefficient (Wildman–Crippen LogP) is -0.636. The molecule has 0 spiro atoms. The van der Waals surface area contributed by atoms with Gasteiger partial charge >= 0.3 is 11.9 Å². The maximum Gasteiger partial charge on any atom is 0.323 e. The van der Waals surface area contributed by atoms with Crippen LogP contribution in [0.3, 0.4) is 0 Å². The standard InChI is InChI=1S/C9H15NO6S/c1-16-2-3-17-6-7(11)10(4-8(12)13)5-9(14)15/h2-6H2,1H3,(H,12,13)(H,14,15). The highest BCUT2D eigenvalue weighted by molar-refractivity contribution is 7.99. The van der Waals surface area contributed by atoms with E-state index in [1.807, 2.05) is 0 Å². The molecule has 0 saturated carbocycles. The molecule has 0 aliphatic heterocycles. The summed E-state index contributed by atoms with van der Waals surface area (Å²) in [6, 6.07) is 0. The van der Waals surface area contributed by atoms with Gasteiger partial charge in [-0.1, -0.05) is 0 Å². The second kappa shape index (κ2) is 8.82. The molecule has 98 valence electrons. The largest absolute Gasteiger partial charge is 0.480 e. The van der Waals surface area contributed by atoms with Crippen LogP contribution in [0.15, 0.2) is 0 Å². The number of aliphatic carboxylic acids is 2. The van der Waals surface area contributed by atoms with Gasteiger partial charge in [0, 0.05) is 12.9 Å². The fourth-order valence-corrected chi connectivity index (χ4v) is 1.74. The average Bonchev–Trinajstić information content (AvgIpc) is 2.22. The van der Waals surface area contributed by atoms with Gasteiger partial charge in [0.2, 0.25) is 5.91 Å². The molecule has 2 N–H and O–H groups in total. The maximum absolute atomic E-state index is 11.5. The number of ether oxygens (including phenoxy) is 1. The van der Waals surface area contributed by atoms with Gasteiger partial charge in [0.15, 0.2) is 0 Å². The summed E-state index contributed by atoms with van der Waals surface area (Å²) in [5, 5.41) is 17.1. The zero-order valence-electron chi connectivity index (χ0n) is 9.42. The van der Waals surface area contributed by atoms with Gasteiger partial charge in [-0.15, -0.1) is 11.8 Å². The van der Waals surface area contributed by atoms with Crippen molar-refractivity contribution in [2.45, 2.75) is 0 Å². The van der Waals surface area contributed by atoms with E-state index in [4.69, 9.17) is 14.9 Å². The number of carboxylic acid groups (broad SMARTS) is 2. The molecule has 0 atom stereocenters. The van der Waals surface area contributed by atoms with Crippen LogP contribution in [-0.4, -0.2) is 71.3 Å². The van der Waals surface area contributed by atoms with Crippen molar-refractivity contribution in [1.82, 2.24) is 4.90 Å². The van der Waals surface area contributed by atoms with Crippen LogP contribution in [0.2, 0.25) is 0 Å². The second-order valence-electron chi connectivity index (χ2n) is 3.08. The third-order valence-electron chi connectivity index (χ3n) is 1.66. The van der Waals surface area contributed by atoms with Gasteiger partial charge in [-0.25, -0.2) is 0 Å². The van der Waals surface area contributed by atoms with Gasteiger partial charge in [0.05, 0.1) is 12.4 Å². The molecule has 0 aromatic carbocycles. The quantitative estimate of drug-likeness (QED) is 0.534. The number of hydrogen-bond acceptors (Lipinski definition) is 5. The van der Waals surface area contributed by atoms with Crippen LogP contribution in [-0.2, 0) is 19.1 Å². The number of thioether (sulfide) groups is 1. The van der Waals surface area contributed by atoms with E-state index in [0.717, 1.165) is 4.90 Å². The molecule has 0 radical (unpaired) electrons. The first kappa shape index (κ1) is 15.7. The Morgan fingerprint density at radius 3 is 2.12 bits per heavy atom. The van der Waals surface area contributed by atoms with E-state index in [1.54, 1.807) is 0 Å². The van der Waals surface area contributed by atoms with Crippen LogP contribution in [0.1, 0.15) is 0 Å². The van der Waals surface area contributed by atoms with E-state index in [1.165, 1.54) is 18.9 Å². The number of amides is 1. The van der Waals surface area contributed by atoms with E-state index in [0.29, 0.717) is 12.4 Å². The van der Waals surface area contributed by atoms with Crippen LogP contribution in [0.25, 0.3) is 0 Å². The van der Waals surface area contributed by atoms with Crippen molar-refractivity contribution < 1.29 is 29.3 Å². The average molecular weight is 265 g/mol. The number of hydrogen-bond donors (Lipinski definition) is 2. The molecule has 1 amide bonds. The first-order valence-corrected chi connectivity index (χ1v) is 5.91. The molecule has 0 bridgehead atoms. The first-order chi connectivity index (χ1) is 7.97. The molecule has 0 aromatic rings. The number of carbonyl (C=O) groups excluding carboxylic acids is 1. The lowest BCUT2D eigenvalue weighted by Crippen LogP contribution is -2.40. The Morgan fingerprint density at radius 2 is 1.71 bits per heavy atom. The van der Waals surface area contributed by atoms with E-state index in [9.17, 15) is 14.4 Å². The fraction of sp³-hybridized carbons (Fsp3) is 0.667. The molecule has 0 aliphatic carbocycles. The third kappa shape index (κ3) is 8.52. The molecular formula is C9H15NO6S. The van der Waals surface area contributed by atoms with E-state index in [2.05, 4.69) is 0 Å². The molecule has 0 heterocycles. The van der Waals surface area contributed by atoms with Crippen molar-refractivity contribution in [3.05, 3.63) is 0 Å². The second-order valence-corrected chi connectivity index (χ2v) is 4.19. The van der Waals surface area contributed by atoms with Crippen LogP contribution in [0.4, 0.5) is 0 Å². The SMILES string of the molecule is COCCSCC(=O)N(CC(=O)O)CC(=O)O. The molecule has 0 rings (SSSR count). The van der Waals surface area contributed by atoms with Gasteiger partial charge in [0.1, 0.15) is 13.1 Å². The lowest BCUT2D eigenvalue weighted by atomic mass is 10.4. The summed E-state index contributed by atoms with van der Waals surface area (Å²) >= 11 is 1.27. The zero-order valence-corrected chi connectivity index (χ0v) is 10.2. The molecule has 0 saturated heterocycles. The summed E-state index contributed by atoms with van der Waals surface area (Å²) < 4.78 is 4.78. The summed E-state index contributed by atoms with van der Waals surface area (Å²) in [6.07, 6.45) is 0. The number of carbonyl (C=O) groups is 3. The van der Waals surface area contributed by atoms with Gasteiger partial charge in [0.25, 0.3) is 0 Å². The Hall–Kier alpha value is -1.28. The first-order valence-electron chi connectivity index (χ1n) is 4.75. The maximum atomic E-state index is 11.5. The predicted molar refractivity (Wildman–Crippen MR) is 61.1 cm³/mol. The Kier molecular flexibility index (Phi) is 8.16. The molecule has 8 heteroatoms. The lowest BCUT2D eigenvalue weighted by molar-refractivity contribution is -0.148. The number of nitrogens with zero attached hydrogens (tertiary/aromatic N) is 1. The number of methoxy groups -OCH3 is 1. The van der Waals surface area contributed by atoms with Gasteiger partial charge in [-0.3, -0.25) is 14.4 Å². The molecular weight excluding hydrogens is 250 g/mol. The Bertz CT molecular complexity index is 267. The van der Waals surface area contributed by atoms with Crippen molar-refractivity contribution in [3.8, 4) is 0 Å². The van der Waals surface area contributed by atoms with Gasteiger partial charge < -0.3 is 19.8 Å². The van der Waals surface area contributed by atoms with Gasteiger partial charge in [-0.05, 0) is 0 Å². The summed E-state index contributed by atoms with van der Waals surface area (Å²) in [6.45, 7) is -0.720. The minimum absolute atomic E-state index is 0.0456. The smallest absolute Gasteiger partial charge is 0.323 e. The summed E-state index contributed by atoms with van der Waals surface area (Å²) in [5.74, 6) is -2.33. The highest BCUT2D eigenvalue weighted by Crippen LogP contribution is 2.02. The molecule has 7 nitrogen and oxygen atoms in total. The molecule has 0 unspecified atom stereocenters. The number of carboxylic acids is 2. The van der Waals surface area contributed by atoms with Crippen molar-refractivity contribution in [2.75, 3.05) is 38.3 Å². The Balaban J connectivity index is 4.12. The third-order valence-corrected chi connectivity index (χ3v) is 2.57. The Labute approximate surface area is 103 Å². The molecule has 17 heavy (non-hydrogen) atoms. The van der Waals surface area contributed by atoms with Crippen LogP contribution in [0, 0.1) is 0 Å². The molecule has 0 aliphatic rings. The topological polar surface area (TPSA) is 104 Å². The summed E-state index contributed by atoms with van der Waals surface area (Å²) in [7, 11) is 1.53. The monoisotopic (exact) mass is 265 g/mol. The molecule has 0 aromatic heterocycles. The van der Waals surface area contributed by atoms with Crippen LogP contribution < -0.4 is 0 Å². The van der Waals surface area contributed by atoms with E-state index < -0.39 is 30.9 Å². The summed E-state index contributed by atoms with van der Waals surface area (Å²) in [5.41, 5.74) is 0. The van der Waals surface area contributed by atoms with Gasteiger partial charge in [-0.2, -0.15) is 0 Å². The lowest BCUT2D eigenvalue weighted by Gasteiger charge is -2.17. The van der Waals surface area contributed by atoms with Crippen LogP contribution >= 0.6 is 11.8 Å². The fourth-order valence-electron chi connectivity index (χ4n) is 0.952. The minimum atomic E-state index is -1.23. The zero-order chi connectivity index (χ0) is 13.3. The van der Waals surface area contributed by atoms with Crippen LogP contribution in [0.5, 0.6) is 0 Å².